The number of nitrogens with zero attached hydrogens (tertiary/aromatic N) is 1. The fourth-order valence-corrected chi connectivity index (χ4v) is 1.68. The smallest absolute Gasteiger partial charge is 0.460 e. The van der Waals surface area contributed by atoms with Crippen LogP contribution < -0.4 is 5.32 Å². The Balaban J connectivity index is 5.78. The zero-order chi connectivity index (χ0) is 23.9. The first-order valence-electron chi connectivity index (χ1n) is 7.16. The van der Waals surface area contributed by atoms with E-state index in [0.717, 1.165) is 19.4 Å². The molecule has 1 amide bonds. The summed E-state index contributed by atoms with van der Waals surface area (Å²) in [5.41, 5.74) is 0. The van der Waals surface area contributed by atoms with E-state index in [-0.39, 0.29) is 0 Å². The van der Waals surface area contributed by atoms with Crippen LogP contribution >= 0.6 is 0 Å². The highest BCUT2D eigenvalue weighted by Crippen LogP contribution is 2.60. The first-order valence-corrected chi connectivity index (χ1v) is 7.16. The van der Waals surface area contributed by atoms with Crippen LogP contribution in [0.25, 0.3) is 0 Å². The fraction of sp³-hybridized carbons (Fsp3) is 0.917. The van der Waals surface area contributed by atoms with Crippen molar-refractivity contribution in [2.75, 3.05) is 27.2 Å². The van der Waals surface area contributed by atoms with Gasteiger partial charge in [0.1, 0.15) is 0 Å². The summed E-state index contributed by atoms with van der Waals surface area (Å²) in [5.74, 6) is -41.8. The van der Waals surface area contributed by atoms with Gasteiger partial charge in [0.2, 0.25) is 0 Å². The lowest BCUT2D eigenvalue weighted by Crippen LogP contribution is -2.72. The normalized spacial score (nSPS) is 15.4. The quantitative estimate of drug-likeness (QED) is 0.244. The van der Waals surface area contributed by atoms with Gasteiger partial charge in [-0.1, -0.05) is 0 Å². The largest absolute Gasteiger partial charge is 0.633 e. The molecule has 0 aliphatic rings. The van der Waals surface area contributed by atoms with Crippen LogP contribution in [0.2, 0.25) is 0 Å². The predicted molar refractivity (Wildman–Crippen MR) is 68.8 cm³/mol. The fourth-order valence-electron chi connectivity index (χ4n) is 1.68. The van der Waals surface area contributed by atoms with Crippen molar-refractivity contribution in [3.8, 4) is 0 Å². The second-order valence-corrected chi connectivity index (χ2v) is 6.28. The van der Waals surface area contributed by atoms with Gasteiger partial charge in [-0.3, -0.25) is 4.79 Å². The molecular weight excluding hydrogens is 451 g/mol. The van der Waals surface area contributed by atoms with Gasteiger partial charge in [-0.05, 0) is 0 Å². The molecule has 4 nitrogen and oxygen atoms in total. The Hall–Kier alpha value is -1.52. The van der Waals surface area contributed by atoms with E-state index in [2.05, 4.69) is 0 Å². The van der Waals surface area contributed by atoms with E-state index < -0.39 is 65.9 Å². The number of carbonyl (C=O) groups is 1. The maximum absolute atomic E-state index is 13.4. The van der Waals surface area contributed by atoms with Gasteiger partial charge in [-0.25, -0.2) is 0 Å². The van der Waals surface area contributed by atoms with Gasteiger partial charge in [0.15, 0.2) is 0 Å². The number of carbonyl (C=O) groups excluding carboxylic acids is 1. The van der Waals surface area contributed by atoms with Crippen LogP contribution in [0.15, 0.2) is 0 Å². The summed E-state index contributed by atoms with van der Waals surface area (Å²) >= 11 is 0. The van der Waals surface area contributed by atoms with Crippen molar-refractivity contribution in [2.45, 2.75) is 42.2 Å². The van der Waals surface area contributed by atoms with Crippen molar-refractivity contribution >= 4 is 5.91 Å². The van der Waals surface area contributed by atoms with Crippen molar-refractivity contribution in [2.24, 2.45) is 0 Å². The van der Waals surface area contributed by atoms with Crippen LogP contribution in [-0.4, -0.2) is 73.5 Å². The number of hydrogen-bond donors (Lipinski definition) is 1. The van der Waals surface area contributed by atoms with E-state index in [0.29, 0.717) is 0 Å². The monoisotopic (exact) mass is 464 g/mol. The average Bonchev–Trinajstić information content (AvgIpc) is 2.48. The third kappa shape index (κ3) is 4.80. The summed E-state index contributed by atoms with van der Waals surface area (Å²) in [4.78, 5) is 11.0. The second-order valence-electron chi connectivity index (χ2n) is 6.28. The van der Waals surface area contributed by atoms with Gasteiger partial charge in [0.05, 0.1) is 20.6 Å². The van der Waals surface area contributed by atoms with E-state index in [1.807, 2.05) is 0 Å². The summed E-state index contributed by atoms with van der Waals surface area (Å²) in [5, 5.41) is 12.0. The molecule has 0 atom stereocenters. The number of quaternary nitrogens is 1. The number of hydroxylamine groups is 3. The minimum Gasteiger partial charge on any atom is -0.633 e. The molecule has 0 aliphatic carbocycles. The molecule has 1 N–H and O–H groups in total. The van der Waals surface area contributed by atoms with E-state index in [9.17, 15) is 67.1 Å². The average molecular weight is 464 g/mol. The van der Waals surface area contributed by atoms with Gasteiger partial charge in [-0.2, -0.15) is 57.1 Å². The molecule has 0 aromatic heterocycles. The van der Waals surface area contributed by atoms with E-state index >= 15 is 0 Å². The summed E-state index contributed by atoms with van der Waals surface area (Å²) in [6.07, 6.45) is -8.01. The standard InChI is InChI=1S/C12H13F13N2O2/c1-27(2,29)5-3-4-26-6(28)7(13,14)8(15,16)9(17,18)10(19,20)11(21,22)12(23,24)25/h3-5H2,1-2H3,(H,26,28). The van der Waals surface area contributed by atoms with Crippen molar-refractivity contribution < 1.29 is 66.5 Å². The molecule has 17 heteroatoms. The van der Waals surface area contributed by atoms with Gasteiger partial charge in [-0.15, -0.1) is 0 Å². The molecule has 29 heavy (non-hydrogen) atoms. The van der Waals surface area contributed by atoms with Crippen LogP contribution in [0.1, 0.15) is 6.42 Å². The van der Waals surface area contributed by atoms with Crippen molar-refractivity contribution in [1.82, 2.24) is 5.32 Å². The van der Waals surface area contributed by atoms with Crippen LogP contribution in [0.5, 0.6) is 0 Å². The topological polar surface area (TPSA) is 52.2 Å². The Bertz CT molecular complexity index is 596. The van der Waals surface area contributed by atoms with Gasteiger partial charge in [0, 0.05) is 13.0 Å². The highest BCUT2D eigenvalue weighted by atomic mass is 19.4. The highest BCUT2D eigenvalue weighted by Gasteiger charge is 2.91. The van der Waals surface area contributed by atoms with E-state index in [4.69, 9.17) is 0 Å². The molecule has 174 valence electrons. The van der Waals surface area contributed by atoms with Gasteiger partial charge >= 0.3 is 35.8 Å². The summed E-state index contributed by atoms with van der Waals surface area (Å²) in [6, 6.07) is 0. The lowest BCUT2D eigenvalue weighted by molar-refractivity contribution is -0.840. The minimum atomic E-state index is -8.06. The minimum absolute atomic E-state index is 0.422. The third-order valence-corrected chi connectivity index (χ3v) is 3.38. The molecule has 0 bridgehead atoms. The van der Waals surface area contributed by atoms with Gasteiger partial charge < -0.3 is 15.2 Å². The second kappa shape index (κ2) is 7.63. The lowest BCUT2D eigenvalue weighted by atomic mass is 9.93. The first kappa shape index (κ1) is 27.5. The first-order chi connectivity index (χ1) is 12.4. The molecule has 0 saturated heterocycles. The number of rotatable bonds is 9. The molecule has 0 unspecified atom stereocenters. The van der Waals surface area contributed by atoms with E-state index in [1.54, 1.807) is 0 Å². The SMILES string of the molecule is C[N+](C)([O-])CCCNC(=O)C(F)(F)C(F)(F)C(F)(F)C(F)(F)C(F)(F)C(F)(F)F. The van der Waals surface area contributed by atoms with Crippen molar-refractivity contribution in [1.29, 1.82) is 0 Å². The predicted octanol–water partition coefficient (Wildman–Crippen LogP) is 3.81. The molecule has 0 fully saturated rings. The van der Waals surface area contributed by atoms with Crippen LogP contribution in [0, 0.1) is 5.21 Å². The molecule has 0 saturated carbocycles. The van der Waals surface area contributed by atoms with Crippen LogP contribution in [0.4, 0.5) is 57.1 Å². The van der Waals surface area contributed by atoms with Crippen LogP contribution in [-0.2, 0) is 4.79 Å². The molecule has 0 radical (unpaired) electrons. The highest BCUT2D eigenvalue weighted by molar-refractivity contribution is 5.84. The number of nitrogens with one attached hydrogen (secondary N) is 1. The molecule has 0 aromatic carbocycles. The Morgan fingerprint density at radius 2 is 1.14 bits per heavy atom. The molecule has 0 aliphatic heterocycles. The molecule has 0 spiro atoms. The van der Waals surface area contributed by atoms with E-state index in [1.165, 1.54) is 0 Å². The lowest BCUT2D eigenvalue weighted by Gasteiger charge is -2.39. The maximum atomic E-state index is 13.4. The summed E-state index contributed by atoms with van der Waals surface area (Å²) < 4.78 is 166. The zero-order valence-electron chi connectivity index (χ0n) is 14.3. The van der Waals surface area contributed by atoms with Crippen molar-refractivity contribution in [3.63, 3.8) is 0 Å². The van der Waals surface area contributed by atoms with Crippen LogP contribution in [0.3, 0.4) is 0 Å². The maximum Gasteiger partial charge on any atom is 0.460 e. The molecule has 0 rings (SSSR count). The third-order valence-electron chi connectivity index (χ3n) is 3.38. The molecule has 0 aromatic rings. The number of amides is 1. The number of halogens is 13. The Labute approximate surface area is 153 Å². The zero-order valence-corrected chi connectivity index (χ0v) is 14.3. The van der Waals surface area contributed by atoms with Crippen molar-refractivity contribution in [3.05, 3.63) is 5.21 Å². The molecular formula is C12H13F13N2O2. The summed E-state index contributed by atoms with van der Waals surface area (Å²) in [6.45, 7) is -1.45. The number of hydrogen-bond acceptors (Lipinski definition) is 2. The Morgan fingerprint density at radius 1 is 0.759 bits per heavy atom. The van der Waals surface area contributed by atoms with Gasteiger partial charge in [0.25, 0.3) is 5.91 Å². The Kier molecular flexibility index (Phi) is 7.23. The Morgan fingerprint density at radius 3 is 1.48 bits per heavy atom. The summed E-state index contributed by atoms with van der Waals surface area (Å²) in [7, 11) is 2.04. The molecule has 0 heterocycles. The number of alkyl halides is 13.